The molecule has 0 fully saturated rings. The molecule has 3 aromatic rings. The zero-order valence-electron chi connectivity index (χ0n) is 20.4. The molecule has 0 bridgehead atoms. The molecule has 0 spiro atoms. The molecular weight excluding hydrogens is 468 g/mol. The average Bonchev–Trinajstić information content (AvgIpc) is 2.87. The zero-order valence-corrected chi connectivity index (χ0v) is 21.3. The van der Waals surface area contributed by atoms with Crippen molar-refractivity contribution in [3.05, 3.63) is 77.9 Å². The Kier molecular flexibility index (Phi) is 8.24. The van der Waals surface area contributed by atoms with Crippen LogP contribution in [-0.4, -0.2) is 42.2 Å². The quantitative estimate of drug-likeness (QED) is 0.452. The Morgan fingerprint density at radius 1 is 0.914 bits per heavy atom. The van der Waals surface area contributed by atoms with Gasteiger partial charge in [-0.2, -0.15) is 0 Å². The predicted molar refractivity (Wildman–Crippen MR) is 135 cm³/mol. The van der Waals surface area contributed by atoms with Gasteiger partial charge in [-0.3, -0.25) is 9.10 Å². The van der Waals surface area contributed by atoms with Gasteiger partial charge in [0.25, 0.3) is 10.0 Å². The standard InChI is InChI=1S/C26H30N2O6S/c1-18-9-14-24(34-5)25(15-18)35(30,31)28(21-7-6-8-23(16-21)33-4)17-26(29)27-19(2)20-10-12-22(32-3)13-11-20/h6-16,19H,17H2,1-5H3,(H,27,29)/t19-/m1/s1. The van der Waals surface area contributed by atoms with Crippen LogP contribution in [0.25, 0.3) is 0 Å². The summed E-state index contributed by atoms with van der Waals surface area (Å²) in [5, 5.41) is 2.88. The van der Waals surface area contributed by atoms with Gasteiger partial charge in [0.1, 0.15) is 28.7 Å². The number of aryl methyl sites for hydroxylation is 1. The maximum atomic E-state index is 13.8. The molecular formula is C26H30N2O6S. The van der Waals surface area contributed by atoms with Gasteiger partial charge < -0.3 is 19.5 Å². The lowest BCUT2D eigenvalue weighted by atomic mass is 10.1. The summed E-state index contributed by atoms with van der Waals surface area (Å²) in [6.07, 6.45) is 0. The maximum absolute atomic E-state index is 13.8. The lowest BCUT2D eigenvalue weighted by Crippen LogP contribution is -2.41. The van der Waals surface area contributed by atoms with E-state index in [2.05, 4.69) is 5.32 Å². The molecule has 0 radical (unpaired) electrons. The summed E-state index contributed by atoms with van der Waals surface area (Å²) in [5.74, 6) is 0.891. The molecule has 1 atom stereocenters. The molecule has 8 nitrogen and oxygen atoms in total. The van der Waals surface area contributed by atoms with Crippen LogP contribution in [0.4, 0.5) is 5.69 Å². The first-order chi connectivity index (χ1) is 16.7. The number of nitrogens with zero attached hydrogens (tertiary/aromatic N) is 1. The van der Waals surface area contributed by atoms with Gasteiger partial charge in [-0.15, -0.1) is 0 Å². The number of sulfonamides is 1. The van der Waals surface area contributed by atoms with Gasteiger partial charge in [-0.1, -0.05) is 24.3 Å². The lowest BCUT2D eigenvalue weighted by Gasteiger charge is -2.26. The van der Waals surface area contributed by atoms with E-state index in [-0.39, 0.29) is 16.7 Å². The van der Waals surface area contributed by atoms with Crippen LogP contribution in [0.5, 0.6) is 17.2 Å². The van der Waals surface area contributed by atoms with Gasteiger partial charge >= 0.3 is 0 Å². The molecule has 0 aliphatic rings. The Bertz CT molecular complexity index is 1280. The van der Waals surface area contributed by atoms with Crippen LogP contribution in [0.3, 0.4) is 0 Å². The second-order valence-corrected chi connectivity index (χ2v) is 9.76. The number of carbonyl (C=O) groups is 1. The monoisotopic (exact) mass is 498 g/mol. The number of nitrogens with one attached hydrogen (secondary N) is 1. The van der Waals surface area contributed by atoms with Crippen LogP contribution in [0.15, 0.2) is 71.6 Å². The van der Waals surface area contributed by atoms with E-state index in [1.54, 1.807) is 62.6 Å². The second kappa shape index (κ2) is 11.1. The normalized spacial score (nSPS) is 11.9. The Hall–Kier alpha value is -3.72. The number of amides is 1. The van der Waals surface area contributed by atoms with Crippen molar-refractivity contribution >= 4 is 21.6 Å². The second-order valence-electron chi connectivity index (χ2n) is 7.93. The number of hydrogen-bond donors (Lipinski definition) is 1. The molecule has 35 heavy (non-hydrogen) atoms. The summed E-state index contributed by atoms with van der Waals surface area (Å²) in [5.41, 5.74) is 1.89. The van der Waals surface area contributed by atoms with Crippen molar-refractivity contribution in [3.8, 4) is 17.2 Å². The molecule has 0 saturated heterocycles. The van der Waals surface area contributed by atoms with Crippen LogP contribution in [0, 0.1) is 6.92 Å². The molecule has 186 valence electrons. The molecule has 0 aliphatic carbocycles. The fraction of sp³-hybridized carbons (Fsp3) is 0.269. The largest absolute Gasteiger partial charge is 0.497 e. The van der Waals surface area contributed by atoms with Crippen molar-refractivity contribution in [1.29, 1.82) is 0 Å². The third-order valence-electron chi connectivity index (χ3n) is 5.51. The van der Waals surface area contributed by atoms with E-state index in [4.69, 9.17) is 14.2 Å². The Balaban J connectivity index is 1.96. The third-order valence-corrected chi connectivity index (χ3v) is 7.30. The molecule has 0 heterocycles. The number of ether oxygens (including phenoxy) is 3. The van der Waals surface area contributed by atoms with Crippen molar-refractivity contribution < 1.29 is 27.4 Å². The fourth-order valence-electron chi connectivity index (χ4n) is 3.58. The van der Waals surface area contributed by atoms with Crippen LogP contribution in [0.2, 0.25) is 0 Å². The molecule has 1 N–H and O–H groups in total. The van der Waals surface area contributed by atoms with Crippen LogP contribution in [0.1, 0.15) is 24.1 Å². The molecule has 3 aromatic carbocycles. The number of carbonyl (C=O) groups excluding carboxylic acids is 1. The summed E-state index contributed by atoms with van der Waals surface area (Å²) >= 11 is 0. The van der Waals surface area contributed by atoms with Gasteiger partial charge in [0.05, 0.1) is 33.1 Å². The van der Waals surface area contributed by atoms with Crippen molar-refractivity contribution in [3.63, 3.8) is 0 Å². The number of hydrogen-bond acceptors (Lipinski definition) is 6. The summed E-state index contributed by atoms with van der Waals surface area (Å²) in [4.78, 5) is 13.1. The van der Waals surface area contributed by atoms with Gasteiger partial charge in [0.2, 0.25) is 5.91 Å². The van der Waals surface area contributed by atoms with E-state index >= 15 is 0 Å². The summed E-state index contributed by atoms with van der Waals surface area (Å²) in [6, 6.07) is 18.4. The first kappa shape index (κ1) is 25.9. The third kappa shape index (κ3) is 6.05. The molecule has 1 amide bonds. The van der Waals surface area contributed by atoms with Crippen LogP contribution >= 0.6 is 0 Å². The van der Waals surface area contributed by atoms with Gasteiger partial charge in [-0.05, 0) is 61.4 Å². The Labute approximate surface area is 206 Å². The highest BCUT2D eigenvalue weighted by Crippen LogP contribution is 2.32. The molecule has 9 heteroatoms. The predicted octanol–water partition coefficient (Wildman–Crippen LogP) is 4.09. The van der Waals surface area contributed by atoms with Crippen LogP contribution in [-0.2, 0) is 14.8 Å². The van der Waals surface area contributed by atoms with Gasteiger partial charge in [0.15, 0.2) is 0 Å². The van der Waals surface area contributed by atoms with E-state index < -0.39 is 22.5 Å². The molecule has 0 aromatic heterocycles. The van der Waals surface area contributed by atoms with E-state index in [9.17, 15) is 13.2 Å². The number of rotatable bonds is 10. The summed E-state index contributed by atoms with van der Waals surface area (Å²) in [7, 11) is 0.303. The van der Waals surface area contributed by atoms with Crippen molar-refractivity contribution in [2.24, 2.45) is 0 Å². The SMILES string of the molecule is COc1ccc([C@@H](C)NC(=O)CN(c2cccc(OC)c2)S(=O)(=O)c2cc(C)ccc2OC)cc1. The lowest BCUT2D eigenvalue weighted by molar-refractivity contribution is -0.120. The Morgan fingerprint density at radius 3 is 2.23 bits per heavy atom. The molecule has 3 rings (SSSR count). The minimum Gasteiger partial charge on any atom is -0.497 e. The molecule has 0 saturated carbocycles. The van der Waals surface area contributed by atoms with Gasteiger partial charge in [-0.25, -0.2) is 8.42 Å². The van der Waals surface area contributed by atoms with Crippen molar-refractivity contribution in [1.82, 2.24) is 5.32 Å². The minimum absolute atomic E-state index is 0.0289. The fourth-order valence-corrected chi connectivity index (χ4v) is 5.23. The van der Waals surface area contributed by atoms with Gasteiger partial charge in [0, 0.05) is 6.07 Å². The number of methoxy groups -OCH3 is 3. The Morgan fingerprint density at radius 2 is 1.60 bits per heavy atom. The van der Waals surface area contributed by atoms with E-state index in [0.29, 0.717) is 17.2 Å². The van der Waals surface area contributed by atoms with Crippen LogP contribution < -0.4 is 23.8 Å². The maximum Gasteiger partial charge on any atom is 0.268 e. The number of benzene rings is 3. The number of anilines is 1. The van der Waals surface area contributed by atoms with E-state index in [0.717, 1.165) is 15.4 Å². The van der Waals surface area contributed by atoms with E-state index in [1.165, 1.54) is 20.3 Å². The summed E-state index contributed by atoms with van der Waals surface area (Å²) < 4.78 is 44.5. The average molecular weight is 499 g/mol. The van der Waals surface area contributed by atoms with Crippen molar-refractivity contribution in [2.45, 2.75) is 24.8 Å². The zero-order chi connectivity index (χ0) is 25.6. The highest BCUT2D eigenvalue weighted by atomic mass is 32.2. The highest BCUT2D eigenvalue weighted by Gasteiger charge is 2.31. The topological polar surface area (TPSA) is 94.2 Å². The first-order valence-electron chi connectivity index (χ1n) is 10.9. The highest BCUT2D eigenvalue weighted by molar-refractivity contribution is 7.93. The first-order valence-corrected chi connectivity index (χ1v) is 12.4. The molecule has 0 unspecified atom stereocenters. The molecule has 0 aliphatic heterocycles. The van der Waals surface area contributed by atoms with E-state index in [1.807, 2.05) is 19.1 Å². The van der Waals surface area contributed by atoms with Crippen molar-refractivity contribution in [2.75, 3.05) is 32.2 Å². The minimum atomic E-state index is -4.17. The smallest absolute Gasteiger partial charge is 0.268 e. The summed E-state index contributed by atoms with van der Waals surface area (Å²) in [6.45, 7) is 3.18.